The highest BCUT2D eigenvalue weighted by molar-refractivity contribution is 9.11. The molecule has 2 nitrogen and oxygen atoms in total. The monoisotopic (exact) mass is 418 g/mol. The molecule has 5 heteroatoms. The highest BCUT2D eigenvalue weighted by Crippen LogP contribution is 2.36. The van der Waals surface area contributed by atoms with Gasteiger partial charge in [-0.2, -0.15) is 0 Å². The van der Waals surface area contributed by atoms with Gasteiger partial charge in [-0.05, 0) is 55.6 Å². The Morgan fingerprint density at radius 3 is 2.35 bits per heavy atom. The first-order valence-corrected chi connectivity index (χ1v) is 8.06. The molecule has 0 amide bonds. The molecule has 0 aliphatic heterocycles. The summed E-state index contributed by atoms with van der Waals surface area (Å²) < 4.78 is 12.9. The van der Waals surface area contributed by atoms with Gasteiger partial charge in [0.25, 0.3) is 0 Å². The molecular formula is C15H13Br2ClO2. The summed E-state index contributed by atoms with van der Waals surface area (Å²) in [7, 11) is 1.65. The van der Waals surface area contributed by atoms with Crippen molar-refractivity contribution in [1.82, 2.24) is 0 Å². The molecule has 0 heterocycles. The van der Waals surface area contributed by atoms with Crippen molar-refractivity contribution in [1.29, 1.82) is 0 Å². The number of alkyl halides is 1. The normalized spacial score (nSPS) is 10.4. The topological polar surface area (TPSA) is 18.5 Å². The van der Waals surface area contributed by atoms with Gasteiger partial charge in [0.15, 0.2) is 0 Å². The molecular weight excluding hydrogens is 407 g/mol. The minimum Gasteiger partial charge on any atom is -0.496 e. The second-order valence-corrected chi connectivity index (χ2v) is 6.10. The molecule has 0 aliphatic rings. The van der Waals surface area contributed by atoms with Crippen LogP contribution in [0.3, 0.4) is 0 Å². The maximum Gasteiger partial charge on any atom is 0.148 e. The van der Waals surface area contributed by atoms with Crippen LogP contribution >= 0.6 is 43.5 Å². The van der Waals surface area contributed by atoms with E-state index in [0.29, 0.717) is 12.5 Å². The van der Waals surface area contributed by atoms with Crippen LogP contribution in [0.4, 0.5) is 0 Å². The van der Waals surface area contributed by atoms with Gasteiger partial charge in [-0.25, -0.2) is 0 Å². The molecule has 2 rings (SSSR count). The molecule has 0 N–H and O–H groups in total. The molecule has 0 saturated heterocycles. The average Bonchev–Trinajstić information content (AvgIpc) is 2.46. The van der Waals surface area contributed by atoms with E-state index >= 15 is 0 Å². The van der Waals surface area contributed by atoms with E-state index in [1.807, 2.05) is 36.4 Å². The molecule has 0 atom stereocenters. The molecule has 0 aromatic heterocycles. The van der Waals surface area contributed by atoms with Crippen molar-refractivity contribution in [2.45, 2.75) is 12.5 Å². The van der Waals surface area contributed by atoms with Gasteiger partial charge < -0.3 is 9.47 Å². The second kappa shape index (κ2) is 7.34. The number of benzene rings is 2. The molecule has 106 valence electrons. The van der Waals surface area contributed by atoms with Crippen molar-refractivity contribution in [2.24, 2.45) is 0 Å². The van der Waals surface area contributed by atoms with E-state index < -0.39 is 0 Å². The van der Waals surface area contributed by atoms with Gasteiger partial charge in [-0.1, -0.05) is 18.2 Å². The molecule has 2 aromatic carbocycles. The number of hydrogen-bond acceptors (Lipinski definition) is 2. The third kappa shape index (κ3) is 3.68. The van der Waals surface area contributed by atoms with E-state index in [1.54, 1.807) is 7.11 Å². The Balaban J connectivity index is 2.19. The summed E-state index contributed by atoms with van der Waals surface area (Å²) in [6, 6.07) is 11.7. The van der Waals surface area contributed by atoms with Crippen LogP contribution in [0.1, 0.15) is 11.1 Å². The lowest BCUT2D eigenvalue weighted by molar-refractivity contribution is 0.293. The van der Waals surface area contributed by atoms with Crippen molar-refractivity contribution in [3.8, 4) is 11.5 Å². The first-order chi connectivity index (χ1) is 9.65. The van der Waals surface area contributed by atoms with E-state index in [-0.39, 0.29) is 0 Å². The summed E-state index contributed by atoms with van der Waals surface area (Å²) in [5.74, 6) is 2.03. The van der Waals surface area contributed by atoms with Crippen LogP contribution in [0.15, 0.2) is 45.3 Å². The molecule has 0 fully saturated rings. The smallest absolute Gasteiger partial charge is 0.148 e. The van der Waals surface area contributed by atoms with Gasteiger partial charge >= 0.3 is 0 Å². The van der Waals surface area contributed by atoms with Crippen LogP contribution in [-0.4, -0.2) is 7.11 Å². The van der Waals surface area contributed by atoms with E-state index in [2.05, 4.69) is 31.9 Å². The Bertz CT molecular complexity index is 579. The van der Waals surface area contributed by atoms with Crippen LogP contribution < -0.4 is 9.47 Å². The number of ether oxygens (including phenoxy) is 2. The lowest BCUT2D eigenvalue weighted by Gasteiger charge is -2.13. The van der Waals surface area contributed by atoms with Crippen molar-refractivity contribution >= 4 is 43.5 Å². The minimum absolute atomic E-state index is 0.432. The zero-order valence-electron chi connectivity index (χ0n) is 10.8. The Kier molecular flexibility index (Phi) is 5.75. The van der Waals surface area contributed by atoms with Gasteiger partial charge in [0.1, 0.15) is 18.1 Å². The van der Waals surface area contributed by atoms with E-state index in [4.69, 9.17) is 21.1 Å². The van der Waals surface area contributed by atoms with Crippen molar-refractivity contribution in [3.63, 3.8) is 0 Å². The number of para-hydroxylation sites is 1. The molecule has 0 bridgehead atoms. The quantitative estimate of drug-likeness (QED) is 0.592. The molecule has 0 saturated carbocycles. The maximum absolute atomic E-state index is 5.88. The summed E-state index contributed by atoms with van der Waals surface area (Å²) in [5, 5.41) is 0. The zero-order valence-corrected chi connectivity index (χ0v) is 14.8. The van der Waals surface area contributed by atoms with Crippen LogP contribution in [-0.2, 0) is 12.5 Å². The predicted molar refractivity (Wildman–Crippen MR) is 88.7 cm³/mol. The summed E-state index contributed by atoms with van der Waals surface area (Å²) in [6.45, 7) is 0.432. The lowest BCUT2D eigenvalue weighted by Crippen LogP contribution is -2.00. The fourth-order valence-electron chi connectivity index (χ4n) is 1.80. The van der Waals surface area contributed by atoms with Crippen LogP contribution in [0.5, 0.6) is 11.5 Å². The highest BCUT2D eigenvalue weighted by Gasteiger charge is 2.10. The van der Waals surface area contributed by atoms with Gasteiger partial charge in [-0.15, -0.1) is 11.6 Å². The van der Waals surface area contributed by atoms with E-state index in [0.717, 1.165) is 31.6 Å². The first-order valence-electron chi connectivity index (χ1n) is 5.94. The molecule has 0 spiro atoms. The summed E-state index contributed by atoms with van der Waals surface area (Å²) >= 11 is 12.8. The van der Waals surface area contributed by atoms with Gasteiger partial charge in [0.05, 0.1) is 16.1 Å². The molecule has 0 radical (unpaired) electrons. The Morgan fingerprint density at radius 1 is 1.10 bits per heavy atom. The zero-order chi connectivity index (χ0) is 14.5. The Hall–Kier alpha value is -0.710. The Morgan fingerprint density at radius 2 is 1.75 bits per heavy atom. The van der Waals surface area contributed by atoms with Crippen LogP contribution in [0, 0.1) is 0 Å². The molecule has 0 aliphatic carbocycles. The number of hydrogen-bond donors (Lipinski definition) is 0. The first kappa shape index (κ1) is 15.7. The van der Waals surface area contributed by atoms with E-state index in [1.165, 1.54) is 0 Å². The third-order valence-electron chi connectivity index (χ3n) is 2.78. The van der Waals surface area contributed by atoms with Crippen LogP contribution in [0.25, 0.3) is 0 Å². The second-order valence-electron chi connectivity index (χ2n) is 4.12. The number of halogens is 3. The van der Waals surface area contributed by atoms with Gasteiger partial charge in [0.2, 0.25) is 0 Å². The average molecular weight is 421 g/mol. The maximum atomic E-state index is 5.88. The SMILES string of the molecule is COc1ccccc1COc1c(Br)cc(CCl)cc1Br. The summed E-state index contributed by atoms with van der Waals surface area (Å²) in [5.41, 5.74) is 2.02. The van der Waals surface area contributed by atoms with Gasteiger partial charge in [0, 0.05) is 11.4 Å². The fraction of sp³-hybridized carbons (Fsp3) is 0.200. The van der Waals surface area contributed by atoms with Crippen molar-refractivity contribution in [3.05, 3.63) is 56.5 Å². The molecule has 20 heavy (non-hydrogen) atoms. The predicted octanol–water partition coefficient (Wildman–Crippen LogP) is 5.54. The minimum atomic E-state index is 0.432. The number of rotatable bonds is 5. The highest BCUT2D eigenvalue weighted by atomic mass is 79.9. The van der Waals surface area contributed by atoms with Crippen molar-refractivity contribution in [2.75, 3.05) is 7.11 Å². The van der Waals surface area contributed by atoms with E-state index in [9.17, 15) is 0 Å². The largest absolute Gasteiger partial charge is 0.496 e. The van der Waals surface area contributed by atoms with Crippen molar-refractivity contribution < 1.29 is 9.47 Å². The standard InChI is InChI=1S/C15H13Br2ClO2/c1-19-14-5-3-2-4-11(14)9-20-15-12(16)6-10(8-18)7-13(15)17/h2-7H,8-9H2,1H3. The third-order valence-corrected chi connectivity index (χ3v) is 4.26. The molecule has 0 unspecified atom stereocenters. The lowest BCUT2D eigenvalue weighted by atomic mass is 10.2. The van der Waals surface area contributed by atoms with Crippen LogP contribution in [0.2, 0.25) is 0 Å². The number of methoxy groups -OCH3 is 1. The summed E-state index contributed by atoms with van der Waals surface area (Å²) in [6.07, 6.45) is 0. The molecule has 2 aromatic rings. The van der Waals surface area contributed by atoms with Gasteiger partial charge in [-0.3, -0.25) is 0 Å². The Labute approximate surface area is 140 Å². The summed E-state index contributed by atoms with van der Waals surface area (Å²) in [4.78, 5) is 0. The fourth-order valence-corrected chi connectivity index (χ4v) is 3.46.